The van der Waals surface area contributed by atoms with Gasteiger partial charge in [0.15, 0.2) is 10.9 Å². The summed E-state index contributed by atoms with van der Waals surface area (Å²) in [6, 6.07) is 21.7. The van der Waals surface area contributed by atoms with E-state index >= 15 is 0 Å². The van der Waals surface area contributed by atoms with Crippen molar-refractivity contribution in [1.29, 1.82) is 0 Å². The van der Waals surface area contributed by atoms with Gasteiger partial charge in [-0.3, -0.25) is 9.36 Å². The molecule has 2 heterocycles. The van der Waals surface area contributed by atoms with Crippen LogP contribution in [-0.2, 0) is 17.9 Å². The van der Waals surface area contributed by atoms with Gasteiger partial charge in [-0.2, -0.15) is 0 Å². The van der Waals surface area contributed by atoms with Gasteiger partial charge in [-0.1, -0.05) is 70.2 Å². The second-order valence-corrected chi connectivity index (χ2v) is 8.88. The largest absolute Gasteiger partial charge is 0.461 e. The van der Waals surface area contributed by atoms with Crippen LogP contribution in [0.25, 0.3) is 11.6 Å². The second kappa shape index (κ2) is 9.98. The first-order valence-electron chi connectivity index (χ1n) is 9.72. The number of nitrogens with zero attached hydrogens (tertiary/aromatic N) is 4. The average molecular weight is 497 g/mol. The van der Waals surface area contributed by atoms with Gasteiger partial charge in [0.2, 0.25) is 11.7 Å². The number of halogens is 1. The van der Waals surface area contributed by atoms with Crippen LogP contribution in [0.3, 0.4) is 0 Å². The van der Waals surface area contributed by atoms with Crippen molar-refractivity contribution in [3.05, 3.63) is 88.6 Å². The molecule has 0 unspecified atom stereocenters. The van der Waals surface area contributed by atoms with Crippen LogP contribution < -0.4 is 0 Å². The Bertz CT molecular complexity index is 1130. The predicted molar refractivity (Wildman–Crippen MR) is 125 cm³/mol. The van der Waals surface area contributed by atoms with Crippen molar-refractivity contribution in [3.63, 3.8) is 0 Å². The smallest absolute Gasteiger partial charge is 0.233 e. The summed E-state index contributed by atoms with van der Waals surface area (Å²) in [7, 11) is 1.81. The molecular weight excluding hydrogens is 476 g/mol. The first-order valence-corrected chi connectivity index (χ1v) is 11.5. The third kappa shape index (κ3) is 5.45. The van der Waals surface area contributed by atoms with E-state index in [1.807, 2.05) is 66.2 Å². The molecule has 158 valence electrons. The zero-order valence-corrected chi connectivity index (χ0v) is 19.3. The number of carbonyl (C=O) groups is 1. The maximum atomic E-state index is 12.7. The van der Waals surface area contributed by atoms with Gasteiger partial charge in [-0.25, -0.2) is 0 Å². The monoisotopic (exact) mass is 496 g/mol. The third-order valence-corrected chi connectivity index (χ3v) is 6.21. The number of thioether (sulfide) groups is 1. The second-order valence-electron chi connectivity index (χ2n) is 7.02. The number of benzene rings is 2. The van der Waals surface area contributed by atoms with Crippen LogP contribution in [0.5, 0.6) is 0 Å². The molecule has 0 N–H and O–H groups in total. The molecule has 0 bridgehead atoms. The minimum Gasteiger partial charge on any atom is -0.461 e. The van der Waals surface area contributed by atoms with Gasteiger partial charge in [0.05, 0.1) is 18.6 Å². The first kappa shape index (κ1) is 21.4. The van der Waals surface area contributed by atoms with Gasteiger partial charge in [-0.15, -0.1) is 10.2 Å². The molecule has 1 amide bonds. The van der Waals surface area contributed by atoms with Crippen molar-refractivity contribution in [3.8, 4) is 11.6 Å². The molecule has 4 rings (SSSR count). The van der Waals surface area contributed by atoms with E-state index in [1.165, 1.54) is 11.8 Å². The van der Waals surface area contributed by atoms with Crippen LogP contribution in [0, 0.1) is 0 Å². The Labute approximate surface area is 193 Å². The molecule has 0 saturated heterocycles. The summed E-state index contributed by atoms with van der Waals surface area (Å²) in [5.41, 5.74) is 2.20. The molecule has 6 nitrogen and oxygen atoms in total. The predicted octanol–water partition coefficient (Wildman–Crippen LogP) is 5.10. The fourth-order valence-electron chi connectivity index (χ4n) is 3.08. The minimum atomic E-state index is 0.0294. The zero-order chi connectivity index (χ0) is 21.6. The minimum absolute atomic E-state index is 0.0294. The maximum absolute atomic E-state index is 12.7. The molecule has 0 aliphatic rings. The van der Waals surface area contributed by atoms with Crippen LogP contribution in [0.2, 0.25) is 0 Å². The van der Waals surface area contributed by atoms with Gasteiger partial charge in [0, 0.05) is 18.1 Å². The Balaban J connectivity index is 1.47. The lowest BCUT2D eigenvalue weighted by molar-refractivity contribution is -0.127. The van der Waals surface area contributed by atoms with E-state index in [0.717, 1.165) is 15.6 Å². The molecule has 4 aromatic rings. The third-order valence-electron chi connectivity index (χ3n) is 4.73. The lowest BCUT2D eigenvalue weighted by atomic mass is 10.2. The van der Waals surface area contributed by atoms with Crippen molar-refractivity contribution in [2.24, 2.45) is 0 Å². The van der Waals surface area contributed by atoms with E-state index in [0.29, 0.717) is 29.8 Å². The Kier molecular flexibility index (Phi) is 6.89. The van der Waals surface area contributed by atoms with Crippen LogP contribution in [0.1, 0.15) is 11.1 Å². The molecule has 0 saturated carbocycles. The molecule has 8 heteroatoms. The number of rotatable bonds is 8. The molecular formula is C23H21BrN4O2S. The molecule has 0 aliphatic carbocycles. The highest BCUT2D eigenvalue weighted by atomic mass is 79.9. The topological polar surface area (TPSA) is 64.2 Å². The highest BCUT2D eigenvalue weighted by Crippen LogP contribution is 2.26. The summed E-state index contributed by atoms with van der Waals surface area (Å²) in [6.45, 7) is 1.15. The summed E-state index contributed by atoms with van der Waals surface area (Å²) < 4.78 is 8.55. The van der Waals surface area contributed by atoms with Crippen LogP contribution >= 0.6 is 27.7 Å². The number of hydrogen-bond acceptors (Lipinski definition) is 5. The molecule has 2 aromatic heterocycles. The number of amides is 1. The van der Waals surface area contributed by atoms with E-state index in [9.17, 15) is 4.79 Å². The lowest BCUT2D eigenvalue weighted by Crippen LogP contribution is -2.27. The summed E-state index contributed by atoms with van der Waals surface area (Å²) in [5, 5.41) is 9.34. The van der Waals surface area contributed by atoms with E-state index < -0.39 is 0 Å². The van der Waals surface area contributed by atoms with Crippen LogP contribution in [0.4, 0.5) is 0 Å². The Morgan fingerprint density at radius 2 is 1.81 bits per heavy atom. The molecule has 0 aliphatic heterocycles. The molecule has 0 spiro atoms. The van der Waals surface area contributed by atoms with Crippen molar-refractivity contribution < 1.29 is 9.21 Å². The zero-order valence-electron chi connectivity index (χ0n) is 16.9. The van der Waals surface area contributed by atoms with Crippen LogP contribution in [0.15, 0.2) is 87.0 Å². The maximum Gasteiger partial charge on any atom is 0.233 e. The van der Waals surface area contributed by atoms with E-state index in [-0.39, 0.29) is 11.7 Å². The average Bonchev–Trinajstić information content (AvgIpc) is 3.44. The van der Waals surface area contributed by atoms with Gasteiger partial charge < -0.3 is 9.32 Å². The number of furan rings is 1. The summed E-state index contributed by atoms with van der Waals surface area (Å²) in [5.74, 6) is 1.60. The number of aromatic nitrogens is 3. The van der Waals surface area contributed by atoms with Gasteiger partial charge in [0.1, 0.15) is 0 Å². The highest BCUT2D eigenvalue weighted by Gasteiger charge is 2.19. The van der Waals surface area contributed by atoms with Crippen molar-refractivity contribution in [2.45, 2.75) is 18.2 Å². The quantitative estimate of drug-likeness (QED) is 0.317. The summed E-state index contributed by atoms with van der Waals surface area (Å²) in [4.78, 5) is 14.4. The van der Waals surface area contributed by atoms with Crippen LogP contribution in [-0.4, -0.2) is 38.4 Å². The molecule has 0 fully saturated rings. The highest BCUT2D eigenvalue weighted by molar-refractivity contribution is 9.10. The van der Waals surface area contributed by atoms with Gasteiger partial charge in [-0.05, 0) is 35.4 Å². The van der Waals surface area contributed by atoms with Gasteiger partial charge >= 0.3 is 0 Å². The fraction of sp³-hybridized carbons (Fsp3) is 0.174. The molecule has 0 atom stereocenters. The lowest BCUT2D eigenvalue weighted by Gasteiger charge is -2.17. The van der Waals surface area contributed by atoms with Crippen molar-refractivity contribution in [2.75, 3.05) is 12.8 Å². The van der Waals surface area contributed by atoms with Crippen molar-refractivity contribution >= 4 is 33.6 Å². The summed E-state index contributed by atoms with van der Waals surface area (Å²) in [6.07, 6.45) is 1.62. The van der Waals surface area contributed by atoms with E-state index in [2.05, 4.69) is 38.3 Å². The first-order chi connectivity index (χ1) is 15.1. The SMILES string of the molecule is CN(Cc1ccc(Br)cc1)C(=O)CSc1nnc(-c2ccco2)n1Cc1ccccc1. The Morgan fingerprint density at radius 3 is 2.52 bits per heavy atom. The normalized spacial score (nSPS) is 10.9. The van der Waals surface area contributed by atoms with Gasteiger partial charge in [0.25, 0.3) is 0 Å². The Morgan fingerprint density at radius 1 is 1.03 bits per heavy atom. The molecule has 31 heavy (non-hydrogen) atoms. The number of carbonyl (C=O) groups excluding carboxylic acids is 1. The standard InChI is InChI=1S/C23H21BrN4O2S/c1-27(14-18-9-11-19(24)12-10-18)21(29)16-31-23-26-25-22(20-8-5-13-30-20)28(23)15-17-6-3-2-4-7-17/h2-13H,14-16H2,1H3. The Hall–Kier alpha value is -2.84. The van der Waals surface area contributed by atoms with E-state index in [1.54, 1.807) is 11.2 Å². The van der Waals surface area contributed by atoms with E-state index in [4.69, 9.17) is 4.42 Å². The molecule has 0 radical (unpaired) electrons. The summed E-state index contributed by atoms with van der Waals surface area (Å²) >= 11 is 4.81. The number of hydrogen-bond donors (Lipinski definition) is 0. The fourth-order valence-corrected chi connectivity index (χ4v) is 4.22. The molecule has 2 aromatic carbocycles. The van der Waals surface area contributed by atoms with Crippen molar-refractivity contribution in [1.82, 2.24) is 19.7 Å².